The molecular formula is C26H37N3O7S3. The number of nitrogens with two attached hydrogens (primary N) is 3. The second-order valence-electron chi connectivity index (χ2n) is 9.33. The number of carbonyl (C=O) groups is 4. The molecule has 39 heavy (non-hydrogen) atoms. The minimum atomic E-state index is -3.03. The average molecular weight is 600 g/mol. The zero-order valence-electron chi connectivity index (χ0n) is 21.7. The van der Waals surface area contributed by atoms with Crippen LogP contribution in [-0.4, -0.2) is 54.3 Å². The van der Waals surface area contributed by atoms with Gasteiger partial charge in [-0.15, -0.1) is 26.3 Å². The molecule has 0 saturated carbocycles. The van der Waals surface area contributed by atoms with Gasteiger partial charge in [-0.25, -0.2) is 9.59 Å². The lowest BCUT2D eigenvalue weighted by Crippen LogP contribution is -2.66. The van der Waals surface area contributed by atoms with Gasteiger partial charge in [0.2, 0.25) is 0 Å². The Kier molecular flexibility index (Phi) is 12.8. The van der Waals surface area contributed by atoms with E-state index in [1.54, 1.807) is 0 Å². The van der Waals surface area contributed by atoms with Crippen molar-refractivity contribution < 1.29 is 31.8 Å². The van der Waals surface area contributed by atoms with Crippen LogP contribution in [0.4, 0.5) is 0 Å². The van der Waals surface area contributed by atoms with Gasteiger partial charge in [0, 0.05) is 11.2 Å². The standard InChI is InChI=1S/C26H37N3O7S3/c1-5-13-23(37)17-9-10-19(30)18(27)11-12-20(31)26(38,16-8-4)25(29,15-7-3)22(33)36-39(34)35-21(32)24(23,28)14-6-2/h5-10,18,37-38H,1-4,11-17,27-29H2/b10-9+. The summed E-state index contributed by atoms with van der Waals surface area (Å²) in [6, 6.07) is -1.08. The fourth-order valence-corrected chi connectivity index (χ4v) is 5.62. The molecule has 1 aliphatic heterocycles. The van der Waals surface area contributed by atoms with Crippen molar-refractivity contribution in [3.05, 3.63) is 62.8 Å². The Labute approximate surface area is 242 Å². The van der Waals surface area contributed by atoms with E-state index in [0.29, 0.717) is 0 Å². The highest BCUT2D eigenvalue weighted by molar-refractivity contribution is 7.83. The lowest BCUT2D eigenvalue weighted by atomic mass is 9.75. The third kappa shape index (κ3) is 7.47. The van der Waals surface area contributed by atoms with Crippen LogP contribution >= 0.6 is 25.3 Å². The Bertz CT molecular complexity index is 1080. The third-order valence-corrected chi connectivity index (χ3v) is 8.86. The van der Waals surface area contributed by atoms with E-state index in [0.717, 1.165) is 0 Å². The Hall–Kier alpha value is -2.29. The van der Waals surface area contributed by atoms with E-state index in [-0.39, 0.29) is 44.9 Å². The molecule has 0 aliphatic carbocycles. The fourth-order valence-electron chi connectivity index (χ4n) is 4.20. The van der Waals surface area contributed by atoms with Crippen LogP contribution in [-0.2, 0) is 38.9 Å². The zero-order valence-corrected chi connectivity index (χ0v) is 24.3. The van der Waals surface area contributed by atoms with Crippen LogP contribution in [0.3, 0.4) is 0 Å². The summed E-state index contributed by atoms with van der Waals surface area (Å²) in [5.41, 5.74) is 14.7. The van der Waals surface area contributed by atoms with Crippen LogP contribution < -0.4 is 17.2 Å². The Morgan fingerprint density at radius 1 is 0.897 bits per heavy atom. The van der Waals surface area contributed by atoms with Crippen LogP contribution in [0, 0.1) is 0 Å². The number of hydrogen-bond acceptors (Lipinski definition) is 12. The molecule has 0 spiro atoms. The topological polar surface area (TPSA) is 182 Å². The Morgan fingerprint density at radius 3 is 1.90 bits per heavy atom. The molecule has 1 heterocycles. The van der Waals surface area contributed by atoms with Crippen molar-refractivity contribution in [3.8, 4) is 0 Å². The molecule has 0 bridgehead atoms. The molecule has 0 aromatic carbocycles. The molecular weight excluding hydrogens is 563 g/mol. The molecule has 6 unspecified atom stereocenters. The SMILES string of the molecule is C=CCC1(S)C/C=C/C(=O)C(N)CCC(=O)C(S)(CC=C)C(N)(CC=C)C(=O)OS(=O)OC(=O)C1(N)CC=C. The summed E-state index contributed by atoms with van der Waals surface area (Å²) in [4.78, 5) is 52.6. The maximum atomic E-state index is 13.4. The number of Topliss-reactive ketones (excluding diaryl/α,β-unsaturated/α-hetero) is 1. The molecule has 10 nitrogen and oxygen atoms in total. The maximum absolute atomic E-state index is 13.4. The highest BCUT2D eigenvalue weighted by atomic mass is 32.2. The van der Waals surface area contributed by atoms with Gasteiger partial charge in [-0.05, 0) is 44.6 Å². The molecule has 0 aromatic rings. The zero-order chi connectivity index (χ0) is 30.1. The summed E-state index contributed by atoms with van der Waals surface area (Å²) in [6.07, 6.45) is 6.89. The largest absolute Gasteiger partial charge is 0.423 e. The van der Waals surface area contributed by atoms with Crippen molar-refractivity contribution in [1.29, 1.82) is 0 Å². The van der Waals surface area contributed by atoms with Crippen LogP contribution in [0.25, 0.3) is 0 Å². The van der Waals surface area contributed by atoms with E-state index in [1.165, 1.54) is 36.5 Å². The molecule has 6 N–H and O–H groups in total. The van der Waals surface area contributed by atoms with Crippen molar-refractivity contribution in [2.24, 2.45) is 17.2 Å². The van der Waals surface area contributed by atoms with E-state index in [9.17, 15) is 23.4 Å². The van der Waals surface area contributed by atoms with Gasteiger partial charge in [0.25, 0.3) is 0 Å². The minimum Gasteiger partial charge on any atom is -0.332 e. The summed E-state index contributed by atoms with van der Waals surface area (Å²) in [7, 11) is 0. The smallest absolute Gasteiger partial charge is 0.332 e. The average Bonchev–Trinajstić information content (AvgIpc) is 2.86. The molecule has 0 aromatic heterocycles. The number of ketones is 2. The number of hydrogen-bond donors (Lipinski definition) is 5. The summed E-state index contributed by atoms with van der Waals surface area (Å²) in [5.74, 6) is -3.75. The number of allylic oxidation sites excluding steroid dienone is 3. The van der Waals surface area contributed by atoms with Crippen molar-refractivity contribution in [2.75, 3.05) is 0 Å². The normalized spacial score (nSPS) is 36.1. The first kappa shape index (κ1) is 34.7. The molecule has 1 rings (SSSR count). The van der Waals surface area contributed by atoms with Crippen molar-refractivity contribution in [2.45, 2.75) is 71.6 Å². The summed E-state index contributed by atoms with van der Waals surface area (Å²) in [6.45, 7) is 14.5. The van der Waals surface area contributed by atoms with E-state index < -0.39 is 61.5 Å². The summed E-state index contributed by atoms with van der Waals surface area (Å²) in [5, 5.41) is 0. The molecule has 0 radical (unpaired) electrons. The van der Waals surface area contributed by atoms with Crippen LogP contribution in [0.15, 0.2) is 62.8 Å². The van der Waals surface area contributed by atoms with E-state index in [4.69, 9.17) is 25.6 Å². The maximum Gasteiger partial charge on any atom is 0.423 e. The molecule has 0 saturated heterocycles. The Balaban J connectivity index is 3.74. The van der Waals surface area contributed by atoms with Gasteiger partial charge < -0.3 is 25.6 Å². The van der Waals surface area contributed by atoms with Crippen LogP contribution in [0.5, 0.6) is 0 Å². The molecule has 216 valence electrons. The van der Waals surface area contributed by atoms with Gasteiger partial charge in [-0.3, -0.25) is 9.59 Å². The molecule has 6 atom stereocenters. The lowest BCUT2D eigenvalue weighted by molar-refractivity contribution is -0.146. The quantitative estimate of drug-likeness (QED) is 0.204. The predicted octanol–water partition coefficient (Wildman–Crippen LogP) is 1.89. The number of thiol groups is 2. The first-order valence-electron chi connectivity index (χ1n) is 11.9. The van der Waals surface area contributed by atoms with E-state index in [1.807, 2.05) is 0 Å². The Morgan fingerprint density at radius 2 is 1.38 bits per heavy atom. The molecule has 0 fully saturated rings. The fraction of sp³-hybridized carbons (Fsp3) is 0.462. The summed E-state index contributed by atoms with van der Waals surface area (Å²) < 4.78 is 19.2. The van der Waals surface area contributed by atoms with Gasteiger partial charge in [-0.2, -0.15) is 29.5 Å². The van der Waals surface area contributed by atoms with E-state index >= 15 is 0 Å². The van der Waals surface area contributed by atoms with Gasteiger partial charge in [0.05, 0.1) is 6.04 Å². The number of carbonyl (C=O) groups excluding carboxylic acids is 4. The monoisotopic (exact) mass is 599 g/mol. The van der Waals surface area contributed by atoms with Gasteiger partial charge >= 0.3 is 23.3 Å². The summed E-state index contributed by atoms with van der Waals surface area (Å²) >= 11 is 6.08. The molecule has 0 amide bonds. The van der Waals surface area contributed by atoms with Crippen molar-refractivity contribution in [3.63, 3.8) is 0 Å². The first-order valence-corrected chi connectivity index (χ1v) is 13.8. The van der Waals surface area contributed by atoms with Crippen LogP contribution in [0.1, 0.15) is 44.9 Å². The lowest BCUT2D eigenvalue weighted by Gasteiger charge is -2.42. The molecule has 13 heteroatoms. The first-order chi connectivity index (χ1) is 18.1. The van der Waals surface area contributed by atoms with Gasteiger partial charge in [0.15, 0.2) is 11.6 Å². The molecule has 1 aliphatic rings. The van der Waals surface area contributed by atoms with Gasteiger partial charge in [0.1, 0.15) is 15.8 Å². The van der Waals surface area contributed by atoms with Crippen molar-refractivity contribution in [1.82, 2.24) is 0 Å². The highest BCUT2D eigenvalue weighted by Gasteiger charge is 2.57. The van der Waals surface area contributed by atoms with Gasteiger partial charge in [-0.1, -0.05) is 30.4 Å². The third-order valence-electron chi connectivity index (χ3n) is 6.69. The number of rotatable bonds is 8. The second kappa shape index (κ2) is 14.4. The minimum absolute atomic E-state index is 0.0459. The second-order valence-corrected chi connectivity index (χ2v) is 11.7. The van der Waals surface area contributed by atoms with Crippen molar-refractivity contribution >= 4 is 60.1 Å². The van der Waals surface area contributed by atoms with E-state index in [2.05, 4.69) is 51.6 Å². The highest BCUT2D eigenvalue weighted by Crippen LogP contribution is 2.40. The predicted molar refractivity (Wildman–Crippen MR) is 158 cm³/mol. The van der Waals surface area contributed by atoms with Crippen LogP contribution in [0.2, 0.25) is 0 Å².